The normalized spacial score (nSPS) is 11.1. The maximum atomic E-state index is 10.5. The first-order chi connectivity index (χ1) is 10.7. The van der Waals surface area contributed by atoms with Crippen molar-refractivity contribution in [2.24, 2.45) is 5.73 Å². The molecule has 1 aromatic carbocycles. The van der Waals surface area contributed by atoms with Crippen LogP contribution in [0.15, 0.2) is 48.7 Å². The number of imidazole rings is 1. The van der Waals surface area contributed by atoms with Crippen LogP contribution in [0, 0.1) is 0 Å². The molecule has 0 atom stereocenters. The Balaban J connectivity index is 1.83. The summed E-state index contributed by atoms with van der Waals surface area (Å²) in [5, 5.41) is 0. The Kier molecular flexibility index (Phi) is 3.82. The minimum Gasteiger partial charge on any atom is -0.445 e. The van der Waals surface area contributed by atoms with Crippen LogP contribution in [0.2, 0.25) is 0 Å². The first-order valence-electron chi connectivity index (χ1n) is 6.72. The van der Waals surface area contributed by atoms with Gasteiger partial charge in [0.2, 0.25) is 0 Å². The molecule has 0 unspecified atom stereocenters. The summed E-state index contributed by atoms with van der Waals surface area (Å²) in [6.07, 6.45) is 4.42. The highest BCUT2D eigenvalue weighted by Gasteiger charge is 2.05. The number of carbonyl (C=O) groups is 1. The predicted molar refractivity (Wildman–Crippen MR) is 83.9 cm³/mol. The first-order valence-corrected chi connectivity index (χ1v) is 6.72. The molecule has 6 heteroatoms. The molecule has 0 fully saturated rings. The monoisotopic (exact) mass is 294 g/mol. The fraction of sp³-hybridized carbons (Fsp3) is 0.0625. The number of rotatable bonds is 4. The molecule has 110 valence electrons. The molecule has 2 heterocycles. The van der Waals surface area contributed by atoms with Crippen LogP contribution in [0.3, 0.4) is 0 Å². The molecule has 3 rings (SSSR count). The number of fused-ring (bicyclic) bond motifs is 1. The summed E-state index contributed by atoms with van der Waals surface area (Å²) >= 11 is 0. The lowest BCUT2D eigenvalue weighted by molar-refractivity contribution is 0.169. The number of pyridine rings is 1. The van der Waals surface area contributed by atoms with Crippen molar-refractivity contribution in [1.29, 1.82) is 0 Å². The average molecular weight is 294 g/mol. The van der Waals surface area contributed by atoms with Crippen LogP contribution >= 0.6 is 0 Å². The van der Waals surface area contributed by atoms with Gasteiger partial charge in [-0.3, -0.25) is 0 Å². The molecule has 3 N–H and O–H groups in total. The topological polar surface area (TPSA) is 93.9 Å². The van der Waals surface area contributed by atoms with Crippen molar-refractivity contribution in [3.8, 4) is 11.4 Å². The number of H-pyrrole nitrogens is 1. The van der Waals surface area contributed by atoms with Gasteiger partial charge in [0.05, 0.1) is 5.52 Å². The van der Waals surface area contributed by atoms with Crippen LogP contribution in [0.25, 0.3) is 28.6 Å². The second-order valence-corrected chi connectivity index (χ2v) is 4.62. The molecule has 1 amide bonds. The number of hydrogen-bond donors (Lipinski definition) is 2. The summed E-state index contributed by atoms with van der Waals surface area (Å²) < 4.78 is 4.62. The quantitative estimate of drug-likeness (QED) is 0.773. The Morgan fingerprint density at radius 3 is 2.91 bits per heavy atom. The summed E-state index contributed by atoms with van der Waals surface area (Å²) in [4.78, 5) is 22.5. The second kappa shape index (κ2) is 6.09. The maximum Gasteiger partial charge on any atom is 0.404 e. The number of ether oxygens (including phenoxy) is 1. The van der Waals surface area contributed by atoms with Crippen LogP contribution < -0.4 is 5.73 Å². The SMILES string of the molecule is NC(=O)OCC=Cc1cnc2nc(-c3ccccc3)[nH]c2c1. The van der Waals surface area contributed by atoms with Crippen molar-refractivity contribution in [2.45, 2.75) is 0 Å². The van der Waals surface area contributed by atoms with Gasteiger partial charge in [-0.05, 0) is 17.7 Å². The van der Waals surface area contributed by atoms with Gasteiger partial charge in [0.1, 0.15) is 12.4 Å². The van der Waals surface area contributed by atoms with E-state index < -0.39 is 6.09 Å². The molecule has 0 aliphatic rings. The zero-order chi connectivity index (χ0) is 15.4. The molecular formula is C16H14N4O2. The van der Waals surface area contributed by atoms with Gasteiger partial charge < -0.3 is 15.5 Å². The molecule has 0 radical (unpaired) electrons. The van der Waals surface area contributed by atoms with Crippen molar-refractivity contribution < 1.29 is 9.53 Å². The summed E-state index contributed by atoms with van der Waals surface area (Å²) in [5.41, 5.74) is 8.27. The van der Waals surface area contributed by atoms with Crippen molar-refractivity contribution in [3.63, 3.8) is 0 Å². The molecule has 0 saturated heterocycles. The molecule has 3 aromatic rings. The first kappa shape index (κ1) is 13.8. The van der Waals surface area contributed by atoms with Crippen molar-refractivity contribution in [2.75, 3.05) is 6.61 Å². The third-order valence-electron chi connectivity index (χ3n) is 3.04. The van der Waals surface area contributed by atoms with Crippen LogP contribution in [-0.2, 0) is 4.74 Å². The number of aromatic amines is 1. The van der Waals surface area contributed by atoms with Crippen LogP contribution in [0.4, 0.5) is 4.79 Å². The van der Waals surface area contributed by atoms with Crippen molar-refractivity contribution in [1.82, 2.24) is 15.0 Å². The van der Waals surface area contributed by atoms with E-state index in [2.05, 4.69) is 19.7 Å². The van der Waals surface area contributed by atoms with Crippen molar-refractivity contribution in [3.05, 3.63) is 54.2 Å². The molecule has 2 aromatic heterocycles. The van der Waals surface area contributed by atoms with E-state index in [1.54, 1.807) is 18.3 Å². The largest absolute Gasteiger partial charge is 0.445 e. The Bertz CT molecular complexity index is 825. The molecule has 0 saturated carbocycles. The van der Waals surface area contributed by atoms with Gasteiger partial charge in [0.15, 0.2) is 5.65 Å². The number of nitrogens with zero attached hydrogens (tertiary/aromatic N) is 2. The van der Waals surface area contributed by atoms with E-state index in [4.69, 9.17) is 5.73 Å². The minimum absolute atomic E-state index is 0.131. The summed E-state index contributed by atoms with van der Waals surface area (Å²) in [7, 11) is 0. The minimum atomic E-state index is -0.792. The third-order valence-corrected chi connectivity index (χ3v) is 3.04. The van der Waals surface area contributed by atoms with E-state index >= 15 is 0 Å². The second-order valence-electron chi connectivity index (χ2n) is 4.62. The molecule has 0 aliphatic carbocycles. The lowest BCUT2D eigenvalue weighted by Crippen LogP contribution is -2.12. The smallest absolute Gasteiger partial charge is 0.404 e. The third kappa shape index (κ3) is 3.12. The number of amides is 1. The Hall–Kier alpha value is -3.15. The maximum absolute atomic E-state index is 10.5. The van der Waals surface area contributed by atoms with E-state index in [-0.39, 0.29) is 6.61 Å². The lowest BCUT2D eigenvalue weighted by Gasteiger charge is -1.95. The number of benzene rings is 1. The predicted octanol–water partition coefficient (Wildman–Crippen LogP) is 2.73. The molecule has 0 spiro atoms. The Morgan fingerprint density at radius 2 is 2.14 bits per heavy atom. The fourth-order valence-corrected chi connectivity index (χ4v) is 2.05. The van der Waals surface area contributed by atoms with Crippen LogP contribution in [-0.4, -0.2) is 27.7 Å². The summed E-state index contributed by atoms with van der Waals surface area (Å²) in [5.74, 6) is 0.779. The Labute approximate surface area is 126 Å². The highest BCUT2D eigenvalue weighted by molar-refractivity contribution is 5.78. The van der Waals surface area contributed by atoms with E-state index in [0.717, 1.165) is 22.5 Å². The van der Waals surface area contributed by atoms with Gasteiger partial charge in [-0.1, -0.05) is 36.4 Å². The van der Waals surface area contributed by atoms with E-state index in [9.17, 15) is 4.79 Å². The zero-order valence-corrected chi connectivity index (χ0v) is 11.7. The zero-order valence-electron chi connectivity index (χ0n) is 11.7. The lowest BCUT2D eigenvalue weighted by atomic mass is 10.2. The van der Waals surface area contributed by atoms with Gasteiger partial charge in [-0.2, -0.15) is 0 Å². The molecule has 6 nitrogen and oxygen atoms in total. The number of hydrogen-bond acceptors (Lipinski definition) is 4. The molecular weight excluding hydrogens is 280 g/mol. The van der Waals surface area contributed by atoms with E-state index in [1.165, 1.54) is 0 Å². The number of carbonyl (C=O) groups excluding carboxylic acids is 1. The number of aromatic nitrogens is 3. The molecule has 0 bridgehead atoms. The standard InChI is InChI=1S/C16H14N4O2/c17-16(21)22-8-4-5-11-9-13-15(18-10-11)20-14(19-13)12-6-2-1-3-7-12/h1-7,9-10H,8H2,(H2,17,21)(H,18,19,20). The van der Waals surface area contributed by atoms with Gasteiger partial charge in [-0.25, -0.2) is 14.8 Å². The summed E-state index contributed by atoms with van der Waals surface area (Å²) in [6, 6.07) is 11.8. The van der Waals surface area contributed by atoms with Crippen LogP contribution in [0.1, 0.15) is 5.56 Å². The average Bonchev–Trinajstić information content (AvgIpc) is 2.95. The number of nitrogens with one attached hydrogen (secondary N) is 1. The number of primary amides is 1. The van der Waals surface area contributed by atoms with Crippen molar-refractivity contribution >= 4 is 23.3 Å². The highest BCUT2D eigenvalue weighted by Crippen LogP contribution is 2.19. The molecule has 22 heavy (non-hydrogen) atoms. The van der Waals surface area contributed by atoms with Gasteiger partial charge in [0.25, 0.3) is 0 Å². The van der Waals surface area contributed by atoms with E-state index in [1.807, 2.05) is 36.4 Å². The highest BCUT2D eigenvalue weighted by atomic mass is 16.5. The fourth-order valence-electron chi connectivity index (χ4n) is 2.05. The number of nitrogens with two attached hydrogens (primary N) is 1. The Morgan fingerprint density at radius 1 is 1.32 bits per heavy atom. The van der Waals surface area contributed by atoms with Gasteiger partial charge >= 0.3 is 6.09 Å². The summed E-state index contributed by atoms with van der Waals surface area (Å²) in [6.45, 7) is 0.131. The molecule has 0 aliphatic heterocycles. The van der Waals surface area contributed by atoms with E-state index in [0.29, 0.717) is 5.65 Å². The van der Waals surface area contributed by atoms with Crippen LogP contribution in [0.5, 0.6) is 0 Å². The van der Waals surface area contributed by atoms with Gasteiger partial charge in [-0.15, -0.1) is 0 Å². The van der Waals surface area contributed by atoms with Gasteiger partial charge in [0, 0.05) is 11.8 Å².